The highest BCUT2D eigenvalue weighted by Crippen LogP contribution is 2.24. The first-order chi connectivity index (χ1) is 7.06. The van der Waals surface area contributed by atoms with E-state index >= 15 is 0 Å². The number of primary amides is 1. The summed E-state index contributed by atoms with van der Waals surface area (Å²) in [5.74, 6) is 0.463. The van der Waals surface area contributed by atoms with Crippen molar-refractivity contribution >= 4 is 5.91 Å². The van der Waals surface area contributed by atoms with Gasteiger partial charge in [-0.1, -0.05) is 6.92 Å². The van der Waals surface area contributed by atoms with Crippen molar-refractivity contribution in [3.05, 3.63) is 28.8 Å². The van der Waals surface area contributed by atoms with Crippen LogP contribution in [0, 0.1) is 13.8 Å². The van der Waals surface area contributed by atoms with Gasteiger partial charge in [0.15, 0.2) is 0 Å². The van der Waals surface area contributed by atoms with Crippen LogP contribution in [0.1, 0.15) is 34.8 Å². The molecule has 2 N–H and O–H groups in total. The third-order valence-electron chi connectivity index (χ3n) is 2.20. The second kappa shape index (κ2) is 4.82. The quantitative estimate of drug-likeness (QED) is 0.822. The number of nitrogens with two attached hydrogens (primary N) is 1. The molecule has 15 heavy (non-hydrogen) atoms. The molecule has 1 aromatic rings. The molecule has 0 aliphatic carbocycles. The molecule has 0 saturated carbocycles. The average Bonchev–Trinajstić information content (AvgIpc) is 2.16. The highest BCUT2D eigenvalue weighted by Gasteiger charge is 2.08. The Kier molecular flexibility index (Phi) is 3.72. The summed E-state index contributed by atoms with van der Waals surface area (Å²) in [5, 5.41) is 0. The molecule has 0 bridgehead atoms. The first-order valence-electron chi connectivity index (χ1n) is 5.10. The summed E-state index contributed by atoms with van der Waals surface area (Å²) in [5.41, 5.74) is 7.67. The Morgan fingerprint density at radius 1 is 1.33 bits per heavy atom. The predicted octanol–water partition coefficient (Wildman–Crippen LogP) is 2.19. The molecule has 0 atom stereocenters. The Balaban J connectivity index is 3.04. The van der Waals surface area contributed by atoms with Crippen molar-refractivity contribution in [2.45, 2.75) is 27.2 Å². The van der Waals surface area contributed by atoms with Gasteiger partial charge >= 0.3 is 0 Å². The summed E-state index contributed by atoms with van der Waals surface area (Å²) in [7, 11) is 0. The minimum atomic E-state index is -0.400. The van der Waals surface area contributed by atoms with Gasteiger partial charge < -0.3 is 10.5 Å². The smallest absolute Gasteiger partial charge is 0.248 e. The third kappa shape index (κ3) is 2.72. The number of hydrogen-bond donors (Lipinski definition) is 1. The van der Waals surface area contributed by atoms with E-state index in [1.54, 1.807) is 12.1 Å². The molecule has 3 heteroatoms. The van der Waals surface area contributed by atoms with Crippen LogP contribution in [0.25, 0.3) is 0 Å². The molecular weight excluding hydrogens is 190 g/mol. The lowest BCUT2D eigenvalue weighted by Gasteiger charge is -2.12. The van der Waals surface area contributed by atoms with E-state index in [9.17, 15) is 4.79 Å². The molecule has 0 aliphatic heterocycles. The molecule has 0 aromatic heterocycles. The number of aryl methyl sites for hydroxylation is 2. The normalized spacial score (nSPS) is 10.1. The number of carbonyl (C=O) groups excluding carboxylic acids is 1. The predicted molar refractivity (Wildman–Crippen MR) is 60.2 cm³/mol. The Labute approximate surface area is 90.2 Å². The molecule has 1 rings (SSSR count). The third-order valence-corrected chi connectivity index (χ3v) is 2.20. The van der Waals surface area contributed by atoms with Crippen molar-refractivity contribution in [2.75, 3.05) is 6.61 Å². The minimum absolute atomic E-state index is 0.400. The van der Waals surface area contributed by atoms with Crippen LogP contribution in [0.5, 0.6) is 5.75 Å². The molecular formula is C12H17NO2. The number of hydrogen-bond acceptors (Lipinski definition) is 2. The molecule has 0 heterocycles. The first-order valence-corrected chi connectivity index (χ1v) is 5.10. The fourth-order valence-corrected chi connectivity index (χ4v) is 1.52. The van der Waals surface area contributed by atoms with Gasteiger partial charge in [-0.2, -0.15) is 0 Å². The summed E-state index contributed by atoms with van der Waals surface area (Å²) in [6, 6.07) is 3.53. The molecule has 1 aromatic carbocycles. The standard InChI is InChI=1S/C12H17NO2/c1-4-5-15-11-8(2)6-10(12(13)14)7-9(11)3/h6-7H,4-5H2,1-3H3,(H2,13,14). The van der Waals surface area contributed by atoms with Crippen LogP contribution in [-0.4, -0.2) is 12.5 Å². The zero-order valence-electron chi connectivity index (χ0n) is 9.46. The SMILES string of the molecule is CCCOc1c(C)cc(C(N)=O)cc1C. The zero-order valence-corrected chi connectivity index (χ0v) is 9.46. The summed E-state index contributed by atoms with van der Waals surface area (Å²) in [6.07, 6.45) is 0.969. The topological polar surface area (TPSA) is 52.3 Å². The van der Waals surface area contributed by atoms with Gasteiger partial charge in [-0.05, 0) is 43.5 Å². The highest BCUT2D eigenvalue weighted by atomic mass is 16.5. The maximum absolute atomic E-state index is 11.0. The lowest BCUT2D eigenvalue weighted by molar-refractivity contribution is 0.1000. The second-order valence-corrected chi connectivity index (χ2v) is 3.65. The molecule has 0 unspecified atom stereocenters. The van der Waals surface area contributed by atoms with Crippen LogP contribution in [0.3, 0.4) is 0 Å². The molecule has 3 nitrogen and oxygen atoms in total. The fraction of sp³-hybridized carbons (Fsp3) is 0.417. The number of amides is 1. The highest BCUT2D eigenvalue weighted by molar-refractivity contribution is 5.93. The largest absolute Gasteiger partial charge is 0.493 e. The molecule has 82 valence electrons. The molecule has 0 fully saturated rings. The number of rotatable bonds is 4. The summed E-state index contributed by atoms with van der Waals surface area (Å²) in [4.78, 5) is 11.0. The molecule has 0 radical (unpaired) electrons. The van der Waals surface area contributed by atoms with Gasteiger partial charge in [0, 0.05) is 5.56 Å². The Bertz CT molecular complexity index is 349. The molecule has 1 amide bonds. The number of ether oxygens (including phenoxy) is 1. The van der Waals surface area contributed by atoms with Crippen molar-refractivity contribution < 1.29 is 9.53 Å². The van der Waals surface area contributed by atoms with Crippen molar-refractivity contribution in [1.29, 1.82) is 0 Å². The van der Waals surface area contributed by atoms with Gasteiger partial charge in [-0.25, -0.2) is 0 Å². The van der Waals surface area contributed by atoms with Crippen LogP contribution < -0.4 is 10.5 Å². The van der Waals surface area contributed by atoms with Gasteiger partial charge in [0.05, 0.1) is 6.61 Å². The van der Waals surface area contributed by atoms with Crippen molar-refractivity contribution in [3.8, 4) is 5.75 Å². The fourth-order valence-electron chi connectivity index (χ4n) is 1.52. The van der Waals surface area contributed by atoms with Gasteiger partial charge in [0.25, 0.3) is 0 Å². The van der Waals surface area contributed by atoms with E-state index in [1.165, 1.54) is 0 Å². The monoisotopic (exact) mass is 207 g/mol. The molecule has 0 saturated heterocycles. The van der Waals surface area contributed by atoms with Gasteiger partial charge in [0.2, 0.25) is 5.91 Å². The Hall–Kier alpha value is -1.51. The summed E-state index contributed by atoms with van der Waals surface area (Å²) >= 11 is 0. The van der Waals surface area contributed by atoms with Crippen LogP contribution in [-0.2, 0) is 0 Å². The number of carbonyl (C=O) groups is 1. The minimum Gasteiger partial charge on any atom is -0.493 e. The maximum atomic E-state index is 11.0. The van der Waals surface area contributed by atoms with Gasteiger partial charge in [-0.15, -0.1) is 0 Å². The maximum Gasteiger partial charge on any atom is 0.248 e. The van der Waals surface area contributed by atoms with Crippen LogP contribution in [0.2, 0.25) is 0 Å². The molecule has 0 spiro atoms. The van der Waals surface area contributed by atoms with E-state index in [4.69, 9.17) is 10.5 Å². The Morgan fingerprint density at radius 2 is 1.87 bits per heavy atom. The Morgan fingerprint density at radius 3 is 2.27 bits per heavy atom. The van der Waals surface area contributed by atoms with Crippen molar-refractivity contribution in [1.82, 2.24) is 0 Å². The van der Waals surface area contributed by atoms with Gasteiger partial charge in [0.1, 0.15) is 5.75 Å². The second-order valence-electron chi connectivity index (χ2n) is 3.65. The van der Waals surface area contributed by atoms with Crippen molar-refractivity contribution in [2.24, 2.45) is 5.73 Å². The average molecular weight is 207 g/mol. The van der Waals surface area contributed by atoms with E-state index in [1.807, 2.05) is 13.8 Å². The van der Waals surface area contributed by atoms with Crippen LogP contribution >= 0.6 is 0 Å². The van der Waals surface area contributed by atoms with E-state index in [2.05, 4.69) is 6.92 Å². The van der Waals surface area contributed by atoms with E-state index in [-0.39, 0.29) is 0 Å². The lowest BCUT2D eigenvalue weighted by atomic mass is 10.1. The summed E-state index contributed by atoms with van der Waals surface area (Å²) < 4.78 is 5.60. The summed E-state index contributed by atoms with van der Waals surface area (Å²) in [6.45, 7) is 6.59. The van der Waals surface area contributed by atoms with E-state index in [0.717, 1.165) is 23.3 Å². The van der Waals surface area contributed by atoms with E-state index < -0.39 is 5.91 Å². The molecule has 0 aliphatic rings. The number of benzene rings is 1. The van der Waals surface area contributed by atoms with Crippen molar-refractivity contribution in [3.63, 3.8) is 0 Å². The van der Waals surface area contributed by atoms with Gasteiger partial charge in [-0.3, -0.25) is 4.79 Å². The first kappa shape index (κ1) is 11.6. The van der Waals surface area contributed by atoms with Crippen LogP contribution in [0.4, 0.5) is 0 Å². The van der Waals surface area contributed by atoms with Crippen LogP contribution in [0.15, 0.2) is 12.1 Å². The zero-order chi connectivity index (χ0) is 11.4. The van der Waals surface area contributed by atoms with E-state index in [0.29, 0.717) is 12.2 Å². The lowest BCUT2D eigenvalue weighted by Crippen LogP contribution is -2.12.